The monoisotopic (exact) mass is 125 g/mol. The normalized spacial score (nSPS) is 9.44. The smallest absolute Gasteiger partial charge is 0.234 e. The first-order valence-corrected chi connectivity index (χ1v) is 2.48. The third-order valence-electron chi connectivity index (χ3n) is 0.949. The minimum absolute atomic E-state index is 0.102. The zero-order valence-electron chi connectivity index (χ0n) is 5.00. The molecule has 0 spiro atoms. The van der Waals surface area contributed by atoms with E-state index in [1.165, 1.54) is 6.20 Å². The topological polar surface area (TPSA) is 72.0 Å². The van der Waals surface area contributed by atoms with Crippen molar-refractivity contribution in [2.45, 2.75) is 6.92 Å². The molecule has 0 saturated carbocycles. The van der Waals surface area contributed by atoms with Crippen LogP contribution in [-0.2, 0) is 0 Å². The average molecular weight is 125 g/mol. The first-order chi connectivity index (χ1) is 4.20. The second-order valence-electron chi connectivity index (χ2n) is 1.70. The van der Waals surface area contributed by atoms with Crippen LogP contribution < -0.4 is 5.73 Å². The molecule has 4 heteroatoms. The molecule has 48 valence electrons. The van der Waals surface area contributed by atoms with Crippen LogP contribution in [0.15, 0.2) is 6.20 Å². The minimum atomic E-state index is -0.102. The second kappa shape index (κ2) is 1.89. The fraction of sp³-hybridized carbons (Fsp3) is 0.200. The van der Waals surface area contributed by atoms with E-state index in [0.717, 1.165) is 0 Å². The highest BCUT2D eigenvalue weighted by atomic mass is 16.3. The van der Waals surface area contributed by atoms with E-state index in [4.69, 9.17) is 10.8 Å². The van der Waals surface area contributed by atoms with Crippen LogP contribution in [0.4, 0.5) is 5.82 Å². The van der Waals surface area contributed by atoms with E-state index in [2.05, 4.69) is 9.97 Å². The molecule has 0 unspecified atom stereocenters. The number of rotatable bonds is 0. The van der Waals surface area contributed by atoms with Crippen molar-refractivity contribution in [2.75, 3.05) is 5.73 Å². The summed E-state index contributed by atoms with van der Waals surface area (Å²) in [7, 11) is 0. The van der Waals surface area contributed by atoms with Gasteiger partial charge in [-0.2, -0.15) is 4.98 Å². The van der Waals surface area contributed by atoms with Crippen LogP contribution in [0.3, 0.4) is 0 Å². The molecule has 4 nitrogen and oxygen atoms in total. The van der Waals surface area contributed by atoms with Crippen molar-refractivity contribution in [2.24, 2.45) is 0 Å². The second-order valence-corrected chi connectivity index (χ2v) is 1.70. The molecule has 1 aromatic rings. The molecule has 0 fully saturated rings. The molecular formula is C5H7N3O. The Morgan fingerprint density at radius 2 is 2.33 bits per heavy atom. The van der Waals surface area contributed by atoms with E-state index < -0.39 is 0 Å². The summed E-state index contributed by atoms with van der Waals surface area (Å²) in [6, 6.07) is 0. The number of hydrogen-bond donors (Lipinski definition) is 2. The Bertz CT molecular complexity index is 223. The quantitative estimate of drug-likeness (QED) is 0.514. The lowest BCUT2D eigenvalue weighted by Crippen LogP contribution is -1.92. The zero-order chi connectivity index (χ0) is 6.85. The highest BCUT2D eigenvalue weighted by molar-refractivity contribution is 5.29. The van der Waals surface area contributed by atoms with Gasteiger partial charge in [-0.1, -0.05) is 0 Å². The molecule has 0 aliphatic heterocycles. The fourth-order valence-electron chi connectivity index (χ4n) is 0.453. The van der Waals surface area contributed by atoms with Crippen molar-refractivity contribution in [3.63, 3.8) is 0 Å². The molecule has 0 aromatic carbocycles. The number of aromatic nitrogens is 2. The van der Waals surface area contributed by atoms with Gasteiger partial charge in [-0.3, -0.25) is 4.98 Å². The van der Waals surface area contributed by atoms with Crippen molar-refractivity contribution in [1.29, 1.82) is 0 Å². The van der Waals surface area contributed by atoms with Gasteiger partial charge in [0.15, 0.2) is 0 Å². The van der Waals surface area contributed by atoms with E-state index in [9.17, 15) is 0 Å². The third kappa shape index (κ3) is 1.07. The molecular weight excluding hydrogens is 118 g/mol. The van der Waals surface area contributed by atoms with Gasteiger partial charge in [0.05, 0.1) is 11.9 Å². The van der Waals surface area contributed by atoms with Gasteiger partial charge in [0, 0.05) is 0 Å². The largest absolute Gasteiger partial charge is 0.492 e. The van der Waals surface area contributed by atoms with E-state index in [-0.39, 0.29) is 11.7 Å². The van der Waals surface area contributed by atoms with Crippen molar-refractivity contribution >= 4 is 5.82 Å². The molecule has 0 amide bonds. The van der Waals surface area contributed by atoms with E-state index >= 15 is 0 Å². The van der Waals surface area contributed by atoms with Crippen LogP contribution in [0.2, 0.25) is 0 Å². The first kappa shape index (κ1) is 5.81. The lowest BCUT2D eigenvalue weighted by atomic mass is 10.5. The van der Waals surface area contributed by atoms with Gasteiger partial charge in [-0.25, -0.2) is 0 Å². The van der Waals surface area contributed by atoms with E-state index in [0.29, 0.717) is 5.69 Å². The van der Waals surface area contributed by atoms with Gasteiger partial charge in [0.1, 0.15) is 5.82 Å². The number of aryl methyl sites for hydroxylation is 1. The Balaban J connectivity index is 3.17. The summed E-state index contributed by atoms with van der Waals surface area (Å²) < 4.78 is 0. The Hall–Kier alpha value is -1.32. The number of aromatic hydroxyl groups is 1. The molecule has 0 aliphatic rings. The van der Waals surface area contributed by atoms with Crippen molar-refractivity contribution in [3.8, 4) is 5.88 Å². The van der Waals surface area contributed by atoms with Crippen molar-refractivity contribution in [1.82, 2.24) is 9.97 Å². The molecule has 1 rings (SSSR count). The minimum Gasteiger partial charge on any atom is -0.492 e. The molecule has 3 N–H and O–H groups in total. The highest BCUT2D eigenvalue weighted by Crippen LogP contribution is 2.08. The molecule has 0 saturated heterocycles. The molecule has 0 atom stereocenters. The van der Waals surface area contributed by atoms with Gasteiger partial charge in [0.2, 0.25) is 5.88 Å². The Labute approximate surface area is 52.4 Å². The first-order valence-electron chi connectivity index (χ1n) is 2.48. The zero-order valence-corrected chi connectivity index (χ0v) is 5.00. The summed E-state index contributed by atoms with van der Waals surface area (Å²) in [6.07, 6.45) is 1.40. The number of nitrogens with two attached hydrogens (primary N) is 1. The molecule has 0 bridgehead atoms. The van der Waals surface area contributed by atoms with Crippen LogP contribution in [-0.4, -0.2) is 15.1 Å². The standard InChI is InChI=1S/C5H7N3O/c1-3-5(9)8-4(6)2-7-3/h2H,1H3,(H3,6,8,9). The van der Waals surface area contributed by atoms with E-state index in [1.807, 2.05) is 0 Å². The highest BCUT2D eigenvalue weighted by Gasteiger charge is 1.95. The Kier molecular flexibility index (Phi) is 1.22. The molecule has 1 aromatic heterocycles. The maximum absolute atomic E-state index is 8.85. The van der Waals surface area contributed by atoms with Gasteiger partial charge >= 0.3 is 0 Å². The third-order valence-corrected chi connectivity index (χ3v) is 0.949. The van der Waals surface area contributed by atoms with Crippen molar-refractivity contribution in [3.05, 3.63) is 11.9 Å². The molecule has 0 radical (unpaired) electrons. The fourth-order valence-corrected chi connectivity index (χ4v) is 0.453. The lowest BCUT2D eigenvalue weighted by molar-refractivity contribution is 0.446. The van der Waals surface area contributed by atoms with Crippen LogP contribution in [0.25, 0.3) is 0 Å². The maximum atomic E-state index is 8.85. The Morgan fingerprint density at radius 3 is 2.78 bits per heavy atom. The molecule has 9 heavy (non-hydrogen) atoms. The van der Waals surface area contributed by atoms with Gasteiger partial charge in [-0.15, -0.1) is 0 Å². The van der Waals surface area contributed by atoms with Crippen LogP contribution in [0.1, 0.15) is 5.69 Å². The van der Waals surface area contributed by atoms with Crippen molar-refractivity contribution < 1.29 is 5.11 Å². The van der Waals surface area contributed by atoms with Gasteiger partial charge < -0.3 is 10.8 Å². The van der Waals surface area contributed by atoms with Crippen LogP contribution in [0, 0.1) is 6.92 Å². The summed E-state index contributed by atoms with van der Waals surface area (Å²) in [6.45, 7) is 1.65. The van der Waals surface area contributed by atoms with E-state index in [1.54, 1.807) is 6.92 Å². The summed E-state index contributed by atoms with van der Waals surface area (Å²) >= 11 is 0. The number of anilines is 1. The SMILES string of the molecule is Cc1ncc(N)nc1O. The average Bonchev–Trinajstić information content (AvgIpc) is 1.80. The number of nitrogen functional groups attached to an aromatic ring is 1. The summed E-state index contributed by atoms with van der Waals surface area (Å²) in [5.41, 5.74) is 5.68. The lowest BCUT2D eigenvalue weighted by Gasteiger charge is -1.94. The van der Waals surface area contributed by atoms with Gasteiger partial charge in [-0.05, 0) is 6.92 Å². The summed E-state index contributed by atoms with van der Waals surface area (Å²) in [5.74, 6) is 0.133. The maximum Gasteiger partial charge on any atom is 0.234 e. The predicted molar refractivity (Wildman–Crippen MR) is 32.8 cm³/mol. The molecule has 1 heterocycles. The number of hydrogen-bond acceptors (Lipinski definition) is 4. The Morgan fingerprint density at radius 1 is 1.67 bits per heavy atom. The van der Waals surface area contributed by atoms with Gasteiger partial charge in [0.25, 0.3) is 0 Å². The number of nitrogens with zero attached hydrogens (tertiary/aromatic N) is 2. The van der Waals surface area contributed by atoms with Crippen LogP contribution >= 0.6 is 0 Å². The van der Waals surface area contributed by atoms with Crippen LogP contribution in [0.5, 0.6) is 5.88 Å². The molecule has 0 aliphatic carbocycles. The summed E-state index contributed by atoms with van der Waals surface area (Å²) in [5, 5.41) is 8.85. The predicted octanol–water partition coefficient (Wildman–Crippen LogP) is 0.0728. The summed E-state index contributed by atoms with van der Waals surface area (Å²) in [4.78, 5) is 7.28.